The first-order valence-corrected chi connectivity index (χ1v) is 6.83. The third kappa shape index (κ3) is 4.49. The number of anilines is 1. The minimum Gasteiger partial charge on any atom is -0.482 e. The molecule has 22 heavy (non-hydrogen) atoms. The number of ether oxygens (including phenoxy) is 2. The number of nitrogens with one attached hydrogen (secondary N) is 1. The highest BCUT2D eigenvalue weighted by Gasteiger charge is 2.08. The highest BCUT2D eigenvalue weighted by atomic mass is 35.5. The maximum absolute atomic E-state index is 12.1. The molecule has 2 aromatic carbocycles. The van der Waals surface area contributed by atoms with E-state index in [4.69, 9.17) is 16.3 Å². The molecule has 0 aliphatic heterocycles. The number of rotatable bonds is 5. The Hall–Kier alpha value is -2.53. The first-order chi connectivity index (χ1) is 10.6. The van der Waals surface area contributed by atoms with Crippen molar-refractivity contribution in [3.63, 3.8) is 0 Å². The molecule has 0 spiro atoms. The highest BCUT2D eigenvalue weighted by Crippen LogP contribution is 2.19. The fraction of sp³-hybridized carbons (Fsp3) is 0.125. The van der Waals surface area contributed by atoms with Crippen molar-refractivity contribution in [3.05, 3.63) is 59.1 Å². The number of hydrogen-bond donors (Lipinski definition) is 1. The predicted octanol–water partition coefficient (Wildman–Crippen LogP) is 3.14. The van der Waals surface area contributed by atoms with Gasteiger partial charge in [0.05, 0.1) is 7.11 Å². The molecule has 2 rings (SSSR count). The topological polar surface area (TPSA) is 64.6 Å². The lowest BCUT2D eigenvalue weighted by atomic mass is 10.2. The van der Waals surface area contributed by atoms with E-state index < -0.39 is 5.97 Å². The van der Waals surface area contributed by atoms with Crippen LogP contribution in [0.3, 0.4) is 0 Å². The zero-order chi connectivity index (χ0) is 15.9. The van der Waals surface area contributed by atoms with E-state index in [0.29, 0.717) is 22.0 Å². The van der Waals surface area contributed by atoms with Crippen molar-refractivity contribution in [2.75, 3.05) is 19.0 Å². The average Bonchev–Trinajstić information content (AvgIpc) is 2.53. The van der Waals surface area contributed by atoms with Crippen molar-refractivity contribution >= 4 is 29.2 Å². The lowest BCUT2D eigenvalue weighted by Crippen LogP contribution is -2.13. The molecule has 2 aromatic rings. The van der Waals surface area contributed by atoms with Gasteiger partial charge in [-0.1, -0.05) is 23.7 Å². The summed E-state index contributed by atoms with van der Waals surface area (Å²) in [4.78, 5) is 23.1. The molecule has 0 atom stereocenters. The number of esters is 1. The quantitative estimate of drug-likeness (QED) is 0.860. The van der Waals surface area contributed by atoms with Gasteiger partial charge in [-0.15, -0.1) is 0 Å². The van der Waals surface area contributed by atoms with Gasteiger partial charge in [-0.25, -0.2) is 4.79 Å². The number of carbonyl (C=O) groups is 2. The fourth-order valence-corrected chi connectivity index (χ4v) is 1.89. The molecule has 0 bridgehead atoms. The van der Waals surface area contributed by atoms with Crippen LogP contribution in [0, 0.1) is 0 Å². The second-order valence-electron chi connectivity index (χ2n) is 4.36. The Morgan fingerprint density at radius 2 is 1.91 bits per heavy atom. The van der Waals surface area contributed by atoms with Gasteiger partial charge in [-0.05, 0) is 30.3 Å². The Bertz CT molecular complexity index is 687. The van der Waals surface area contributed by atoms with Crippen molar-refractivity contribution in [3.8, 4) is 5.75 Å². The number of hydrogen-bond acceptors (Lipinski definition) is 4. The van der Waals surface area contributed by atoms with Crippen LogP contribution in [0.1, 0.15) is 10.4 Å². The molecule has 0 saturated carbocycles. The Kier molecular flexibility index (Phi) is 5.38. The lowest BCUT2D eigenvalue weighted by molar-refractivity contribution is -0.142. The zero-order valence-corrected chi connectivity index (χ0v) is 12.6. The second-order valence-corrected chi connectivity index (χ2v) is 4.79. The Labute approximate surface area is 132 Å². The molecular weight excluding hydrogens is 306 g/mol. The summed E-state index contributed by atoms with van der Waals surface area (Å²) < 4.78 is 9.75. The Morgan fingerprint density at radius 3 is 2.64 bits per heavy atom. The predicted molar refractivity (Wildman–Crippen MR) is 83.4 cm³/mol. The monoisotopic (exact) mass is 319 g/mol. The van der Waals surface area contributed by atoms with E-state index in [1.807, 2.05) is 0 Å². The van der Waals surface area contributed by atoms with Crippen LogP contribution in [-0.4, -0.2) is 25.6 Å². The molecule has 5 nitrogen and oxygen atoms in total. The number of benzene rings is 2. The summed E-state index contributed by atoms with van der Waals surface area (Å²) >= 11 is 5.86. The first kappa shape index (κ1) is 15.9. The van der Waals surface area contributed by atoms with Crippen LogP contribution in [-0.2, 0) is 9.53 Å². The van der Waals surface area contributed by atoms with E-state index in [1.165, 1.54) is 7.11 Å². The van der Waals surface area contributed by atoms with Gasteiger partial charge in [0.2, 0.25) is 0 Å². The molecule has 0 unspecified atom stereocenters. The summed E-state index contributed by atoms with van der Waals surface area (Å²) in [5.74, 6) is -0.310. The van der Waals surface area contributed by atoms with E-state index in [-0.39, 0.29) is 12.5 Å². The summed E-state index contributed by atoms with van der Waals surface area (Å²) in [5.41, 5.74) is 1.00. The third-order valence-corrected chi connectivity index (χ3v) is 3.00. The fourth-order valence-electron chi connectivity index (χ4n) is 1.70. The molecule has 0 aromatic heterocycles. The van der Waals surface area contributed by atoms with E-state index >= 15 is 0 Å². The summed E-state index contributed by atoms with van der Waals surface area (Å²) in [5, 5.41) is 3.22. The lowest BCUT2D eigenvalue weighted by Gasteiger charge is -2.08. The van der Waals surface area contributed by atoms with Crippen LogP contribution in [0.2, 0.25) is 5.02 Å². The van der Waals surface area contributed by atoms with Crippen LogP contribution in [0.5, 0.6) is 5.75 Å². The minimum absolute atomic E-state index is 0.192. The molecule has 6 heteroatoms. The van der Waals surface area contributed by atoms with Crippen molar-refractivity contribution in [2.24, 2.45) is 0 Å². The third-order valence-electron chi connectivity index (χ3n) is 2.76. The van der Waals surface area contributed by atoms with Gasteiger partial charge in [0.1, 0.15) is 5.75 Å². The van der Waals surface area contributed by atoms with E-state index in [1.54, 1.807) is 48.5 Å². The molecule has 0 heterocycles. The van der Waals surface area contributed by atoms with Crippen molar-refractivity contribution in [1.82, 2.24) is 0 Å². The average molecular weight is 320 g/mol. The van der Waals surface area contributed by atoms with Gasteiger partial charge in [-0.2, -0.15) is 0 Å². The van der Waals surface area contributed by atoms with Crippen molar-refractivity contribution < 1.29 is 19.1 Å². The molecule has 0 aliphatic carbocycles. The molecule has 0 aliphatic rings. The number of carbonyl (C=O) groups excluding carboxylic acids is 2. The van der Waals surface area contributed by atoms with E-state index in [9.17, 15) is 9.59 Å². The van der Waals surface area contributed by atoms with Gasteiger partial charge >= 0.3 is 5.97 Å². The van der Waals surface area contributed by atoms with Crippen LogP contribution in [0.25, 0.3) is 0 Å². The van der Waals surface area contributed by atoms with Crippen LogP contribution in [0.4, 0.5) is 5.69 Å². The van der Waals surface area contributed by atoms with Crippen LogP contribution >= 0.6 is 11.6 Å². The standard InChI is InChI=1S/C16H14ClNO4/c1-21-15(19)10-22-14-7-3-6-13(9-14)18-16(20)11-4-2-5-12(17)8-11/h2-9H,10H2,1H3,(H,18,20). The Balaban J connectivity index is 2.03. The summed E-state index contributed by atoms with van der Waals surface area (Å²) in [6.07, 6.45) is 0. The van der Waals surface area contributed by atoms with Gasteiger partial charge in [-0.3, -0.25) is 4.79 Å². The molecular formula is C16H14ClNO4. The van der Waals surface area contributed by atoms with Gasteiger partial charge in [0.25, 0.3) is 5.91 Å². The van der Waals surface area contributed by atoms with E-state index in [0.717, 1.165) is 0 Å². The van der Waals surface area contributed by atoms with Gasteiger partial charge in [0, 0.05) is 22.3 Å². The van der Waals surface area contributed by atoms with Crippen molar-refractivity contribution in [2.45, 2.75) is 0 Å². The largest absolute Gasteiger partial charge is 0.482 e. The summed E-state index contributed by atoms with van der Waals surface area (Å²) in [7, 11) is 1.29. The zero-order valence-electron chi connectivity index (χ0n) is 11.8. The van der Waals surface area contributed by atoms with Crippen LogP contribution < -0.4 is 10.1 Å². The Morgan fingerprint density at radius 1 is 1.14 bits per heavy atom. The van der Waals surface area contributed by atoms with Gasteiger partial charge in [0.15, 0.2) is 6.61 Å². The van der Waals surface area contributed by atoms with E-state index in [2.05, 4.69) is 10.1 Å². The second kappa shape index (κ2) is 7.47. The minimum atomic E-state index is -0.478. The maximum atomic E-state index is 12.1. The summed E-state index contributed by atoms with van der Waals surface area (Å²) in [6, 6.07) is 13.4. The SMILES string of the molecule is COC(=O)COc1cccc(NC(=O)c2cccc(Cl)c2)c1. The van der Waals surface area contributed by atoms with Gasteiger partial charge < -0.3 is 14.8 Å². The first-order valence-electron chi connectivity index (χ1n) is 6.45. The molecule has 0 radical (unpaired) electrons. The van der Waals surface area contributed by atoms with Crippen LogP contribution in [0.15, 0.2) is 48.5 Å². The highest BCUT2D eigenvalue weighted by molar-refractivity contribution is 6.31. The number of halogens is 1. The number of methoxy groups -OCH3 is 1. The molecule has 0 saturated heterocycles. The smallest absolute Gasteiger partial charge is 0.343 e. The molecule has 114 valence electrons. The van der Waals surface area contributed by atoms with Crippen molar-refractivity contribution in [1.29, 1.82) is 0 Å². The molecule has 1 amide bonds. The normalized spacial score (nSPS) is 9.91. The number of amides is 1. The maximum Gasteiger partial charge on any atom is 0.343 e. The summed E-state index contributed by atoms with van der Waals surface area (Å²) in [6.45, 7) is -0.192. The molecule has 0 fully saturated rings. The molecule has 1 N–H and O–H groups in total.